The summed E-state index contributed by atoms with van der Waals surface area (Å²) in [5.74, 6) is 2.40. The number of nitrogens with zero attached hydrogens (tertiary/aromatic N) is 2. The van der Waals surface area contributed by atoms with Gasteiger partial charge in [-0.15, -0.1) is 23.5 Å². The summed E-state index contributed by atoms with van der Waals surface area (Å²) >= 11 is 3.69. The molecule has 1 atom stereocenters. The average molecular weight is 217 g/mol. The first kappa shape index (κ1) is 10.7. The van der Waals surface area contributed by atoms with E-state index in [0.717, 1.165) is 17.7 Å². The fourth-order valence-electron chi connectivity index (χ4n) is 1.22. The Hall–Kier alpha value is -0.340. The maximum atomic E-state index is 9.52. The molecular formula is C8H13N2OS2+. The van der Waals surface area contributed by atoms with Crippen molar-refractivity contribution in [3.8, 4) is 0 Å². The van der Waals surface area contributed by atoms with Gasteiger partial charge in [0, 0.05) is 17.4 Å². The molecule has 0 radical (unpaired) electrons. The molecule has 0 aromatic rings. The zero-order valence-electron chi connectivity index (χ0n) is 7.73. The van der Waals surface area contributed by atoms with Crippen LogP contribution in [0.1, 0.15) is 13.8 Å². The fraction of sp³-hybridized carbons (Fsp3) is 0.750. The molecular weight excluding hydrogens is 204 g/mol. The van der Waals surface area contributed by atoms with Gasteiger partial charge in [0.1, 0.15) is 0 Å². The molecule has 1 rings (SSSR count). The standard InChI is InChI=1S/C8H12N2OS2/c1-6(7(11)5-10-9)8(2)12-3-4-13-8/h5-6H,3-4H2,1-2H3/p+1/b7-5+. The zero-order chi connectivity index (χ0) is 9.90. The second-order valence-electron chi connectivity index (χ2n) is 3.10. The highest BCUT2D eigenvalue weighted by atomic mass is 32.2. The lowest BCUT2D eigenvalue weighted by Gasteiger charge is -2.27. The molecule has 0 aromatic heterocycles. The van der Waals surface area contributed by atoms with Crippen LogP contribution in [0, 0.1) is 11.3 Å². The Labute approximate surface area is 86.6 Å². The van der Waals surface area contributed by atoms with Crippen molar-refractivity contribution in [2.45, 2.75) is 17.9 Å². The van der Waals surface area contributed by atoms with Crippen molar-refractivity contribution in [3.63, 3.8) is 0 Å². The van der Waals surface area contributed by atoms with Crippen LogP contribution in [0.25, 0.3) is 4.98 Å². The van der Waals surface area contributed by atoms with Crippen LogP contribution in [-0.2, 0) is 0 Å². The predicted octanol–water partition coefficient (Wildman–Crippen LogP) is 3.07. The molecule has 0 bridgehead atoms. The highest BCUT2D eigenvalue weighted by molar-refractivity contribution is 8.21. The third-order valence-corrected chi connectivity index (χ3v) is 5.92. The third kappa shape index (κ3) is 2.32. The van der Waals surface area contributed by atoms with Crippen LogP contribution in [0.2, 0.25) is 0 Å². The van der Waals surface area contributed by atoms with Crippen molar-refractivity contribution in [1.82, 2.24) is 0 Å². The van der Waals surface area contributed by atoms with Crippen molar-refractivity contribution in [1.29, 1.82) is 5.39 Å². The number of rotatable bonds is 2. The van der Waals surface area contributed by atoms with Crippen molar-refractivity contribution >= 4 is 23.5 Å². The van der Waals surface area contributed by atoms with Crippen molar-refractivity contribution in [2.24, 2.45) is 5.92 Å². The van der Waals surface area contributed by atoms with Gasteiger partial charge >= 0.3 is 6.20 Å². The second-order valence-corrected chi connectivity index (χ2v) is 6.45. The van der Waals surface area contributed by atoms with Gasteiger partial charge in [0.15, 0.2) is 10.7 Å². The monoisotopic (exact) mass is 217 g/mol. The van der Waals surface area contributed by atoms with Crippen LogP contribution < -0.4 is 0 Å². The van der Waals surface area contributed by atoms with Gasteiger partial charge < -0.3 is 5.11 Å². The van der Waals surface area contributed by atoms with Gasteiger partial charge in [0.2, 0.25) is 5.39 Å². The predicted molar refractivity (Wildman–Crippen MR) is 58.3 cm³/mol. The molecule has 0 aromatic carbocycles. The smallest absolute Gasteiger partial charge is 0.387 e. The topological polar surface area (TPSA) is 48.4 Å². The molecule has 1 N–H and O–H groups in total. The number of allylic oxidation sites excluding steroid dienone is 1. The maximum absolute atomic E-state index is 9.52. The number of diazo groups is 1. The van der Waals surface area contributed by atoms with Crippen molar-refractivity contribution in [2.75, 3.05) is 11.5 Å². The Morgan fingerprint density at radius 3 is 2.62 bits per heavy atom. The Kier molecular flexibility index (Phi) is 3.51. The molecule has 1 saturated heterocycles. The molecule has 1 fully saturated rings. The van der Waals surface area contributed by atoms with Crippen molar-refractivity contribution < 1.29 is 5.11 Å². The van der Waals surface area contributed by atoms with E-state index in [1.807, 2.05) is 30.4 Å². The second kappa shape index (κ2) is 4.25. The van der Waals surface area contributed by atoms with E-state index in [1.165, 1.54) is 0 Å². The number of aliphatic hydroxyl groups is 1. The summed E-state index contributed by atoms with van der Waals surface area (Å²) in [5, 5.41) is 17.8. The molecule has 13 heavy (non-hydrogen) atoms. The molecule has 1 aliphatic rings. The lowest BCUT2D eigenvalue weighted by Crippen LogP contribution is -2.24. The van der Waals surface area contributed by atoms with E-state index in [0.29, 0.717) is 0 Å². The van der Waals surface area contributed by atoms with E-state index in [4.69, 9.17) is 5.39 Å². The highest BCUT2D eigenvalue weighted by Crippen LogP contribution is 2.50. The largest absolute Gasteiger partial charge is 0.505 e. The van der Waals surface area contributed by atoms with Crippen LogP contribution >= 0.6 is 23.5 Å². The average Bonchev–Trinajstić information content (AvgIpc) is 2.52. The number of hydrogen-bond acceptors (Lipinski definition) is 4. The lowest BCUT2D eigenvalue weighted by molar-refractivity contribution is 0.333. The first-order valence-corrected chi connectivity index (χ1v) is 6.08. The molecule has 0 amide bonds. The van der Waals surface area contributed by atoms with Crippen LogP contribution in [0.4, 0.5) is 0 Å². The van der Waals surface area contributed by atoms with E-state index in [9.17, 15) is 5.11 Å². The summed E-state index contributed by atoms with van der Waals surface area (Å²) in [7, 11) is 0. The van der Waals surface area contributed by atoms with Crippen LogP contribution in [-0.4, -0.2) is 20.7 Å². The van der Waals surface area contributed by atoms with Gasteiger partial charge in [-0.2, -0.15) is 0 Å². The van der Waals surface area contributed by atoms with Gasteiger partial charge in [-0.25, -0.2) is 0 Å². The number of hydrogen-bond donors (Lipinski definition) is 1. The number of thioether (sulfide) groups is 2. The maximum Gasteiger partial charge on any atom is 0.387 e. The number of aliphatic hydroxyl groups excluding tert-OH is 1. The SMILES string of the molecule is CC(/C(O)=C\[N+]#N)C1(C)SCCS1. The van der Waals surface area contributed by atoms with Crippen LogP contribution in [0.3, 0.4) is 0 Å². The molecule has 3 nitrogen and oxygen atoms in total. The van der Waals surface area contributed by atoms with Gasteiger partial charge in [0.05, 0.1) is 4.08 Å². The van der Waals surface area contributed by atoms with Gasteiger partial charge in [-0.1, -0.05) is 6.92 Å². The van der Waals surface area contributed by atoms with Crippen LogP contribution in [0.15, 0.2) is 12.0 Å². The molecule has 1 aliphatic heterocycles. The molecule has 5 heteroatoms. The molecule has 0 spiro atoms. The molecule has 72 valence electrons. The normalized spacial score (nSPS) is 23.9. The summed E-state index contributed by atoms with van der Waals surface area (Å²) in [6, 6.07) is 0. The van der Waals surface area contributed by atoms with E-state index in [-0.39, 0.29) is 15.8 Å². The van der Waals surface area contributed by atoms with E-state index < -0.39 is 0 Å². The minimum absolute atomic E-state index is 0.0147. The summed E-state index contributed by atoms with van der Waals surface area (Å²) in [5.41, 5.74) is 0. The minimum atomic E-state index is 0.0147. The molecule has 1 heterocycles. The van der Waals surface area contributed by atoms with E-state index >= 15 is 0 Å². The highest BCUT2D eigenvalue weighted by Gasteiger charge is 2.39. The molecule has 1 unspecified atom stereocenters. The van der Waals surface area contributed by atoms with Crippen molar-refractivity contribution in [3.05, 3.63) is 16.9 Å². The Morgan fingerprint density at radius 1 is 1.62 bits per heavy atom. The Balaban J connectivity index is 2.72. The zero-order valence-corrected chi connectivity index (χ0v) is 9.36. The first-order valence-electron chi connectivity index (χ1n) is 4.11. The fourth-order valence-corrected chi connectivity index (χ4v) is 4.27. The molecule has 0 saturated carbocycles. The summed E-state index contributed by atoms with van der Waals surface area (Å²) < 4.78 is 0.0191. The summed E-state index contributed by atoms with van der Waals surface area (Å²) in [4.78, 5) is 2.83. The van der Waals surface area contributed by atoms with E-state index in [1.54, 1.807) is 0 Å². The van der Waals surface area contributed by atoms with Crippen LogP contribution in [0.5, 0.6) is 0 Å². The summed E-state index contributed by atoms with van der Waals surface area (Å²) in [6.45, 7) is 4.06. The quantitative estimate of drug-likeness (QED) is 0.570. The molecule has 0 aliphatic carbocycles. The Morgan fingerprint density at radius 2 is 2.15 bits per heavy atom. The minimum Gasteiger partial charge on any atom is -0.505 e. The van der Waals surface area contributed by atoms with Gasteiger partial charge in [-0.05, 0) is 6.92 Å². The van der Waals surface area contributed by atoms with Gasteiger partial charge in [0.25, 0.3) is 0 Å². The first-order chi connectivity index (χ1) is 6.10. The summed E-state index contributed by atoms with van der Waals surface area (Å²) in [6.07, 6.45) is 1.11. The third-order valence-electron chi connectivity index (χ3n) is 2.28. The lowest BCUT2D eigenvalue weighted by atomic mass is 10.1. The van der Waals surface area contributed by atoms with Gasteiger partial charge in [-0.3, -0.25) is 0 Å². The Bertz CT molecular complexity index is 253. The van der Waals surface area contributed by atoms with E-state index in [2.05, 4.69) is 11.9 Å².